The van der Waals surface area contributed by atoms with Gasteiger partial charge >= 0.3 is 0 Å². The lowest BCUT2D eigenvalue weighted by Crippen LogP contribution is -2.43. The highest BCUT2D eigenvalue weighted by molar-refractivity contribution is 7.08. The fraction of sp³-hybridized carbons (Fsp3) is 0.320. The van der Waals surface area contributed by atoms with Crippen molar-refractivity contribution >= 4 is 17.2 Å². The van der Waals surface area contributed by atoms with E-state index in [-0.39, 0.29) is 11.8 Å². The third-order valence-electron chi connectivity index (χ3n) is 5.68. The van der Waals surface area contributed by atoms with Gasteiger partial charge in [0.2, 0.25) is 5.91 Å². The molecular weight excluding hydrogens is 376 g/mol. The summed E-state index contributed by atoms with van der Waals surface area (Å²) in [5.41, 5.74) is 5.06. The number of hydrogen-bond acceptors (Lipinski definition) is 3. The summed E-state index contributed by atoms with van der Waals surface area (Å²) < 4.78 is 0. The number of amides is 1. The van der Waals surface area contributed by atoms with E-state index in [0.29, 0.717) is 6.54 Å². The molecule has 1 amide bonds. The average Bonchev–Trinajstić information content (AvgIpc) is 3.29. The maximum atomic E-state index is 13.0. The highest BCUT2D eigenvalue weighted by Crippen LogP contribution is 2.25. The highest BCUT2D eigenvalue weighted by Gasteiger charge is 2.28. The van der Waals surface area contributed by atoms with Crippen LogP contribution in [0.25, 0.3) is 11.1 Å². The molecule has 29 heavy (non-hydrogen) atoms. The minimum atomic E-state index is 0.0949. The molecule has 1 atom stereocenters. The minimum Gasteiger partial charge on any atom is -0.341 e. The van der Waals surface area contributed by atoms with Gasteiger partial charge in [-0.15, -0.1) is 0 Å². The molecule has 1 aromatic heterocycles. The first-order valence-corrected chi connectivity index (χ1v) is 11.3. The Labute approximate surface area is 177 Å². The van der Waals surface area contributed by atoms with Gasteiger partial charge in [-0.25, -0.2) is 0 Å². The van der Waals surface area contributed by atoms with Crippen molar-refractivity contribution in [1.82, 2.24) is 9.80 Å². The summed E-state index contributed by atoms with van der Waals surface area (Å²) in [6.45, 7) is 3.50. The second kappa shape index (κ2) is 9.38. The van der Waals surface area contributed by atoms with E-state index in [2.05, 4.69) is 58.1 Å². The Hall–Kier alpha value is -2.43. The second-order valence-electron chi connectivity index (χ2n) is 7.97. The fourth-order valence-electron chi connectivity index (χ4n) is 4.18. The van der Waals surface area contributed by atoms with Crippen molar-refractivity contribution in [2.45, 2.75) is 25.9 Å². The van der Waals surface area contributed by atoms with Gasteiger partial charge in [0, 0.05) is 26.7 Å². The van der Waals surface area contributed by atoms with Gasteiger partial charge in [0.1, 0.15) is 0 Å². The number of likely N-dealkylation sites (tertiary alicyclic amines) is 1. The summed E-state index contributed by atoms with van der Waals surface area (Å²) in [4.78, 5) is 17.3. The van der Waals surface area contributed by atoms with Crippen LogP contribution in [-0.2, 0) is 17.9 Å². The maximum Gasteiger partial charge on any atom is 0.227 e. The Kier molecular flexibility index (Phi) is 6.43. The third kappa shape index (κ3) is 5.14. The summed E-state index contributed by atoms with van der Waals surface area (Å²) in [5, 5.41) is 4.31. The first-order chi connectivity index (χ1) is 14.2. The molecule has 0 saturated carbocycles. The lowest BCUT2D eigenvalue weighted by Gasteiger charge is -2.34. The van der Waals surface area contributed by atoms with E-state index in [1.807, 2.05) is 30.1 Å². The van der Waals surface area contributed by atoms with E-state index in [9.17, 15) is 4.79 Å². The van der Waals surface area contributed by atoms with Crippen LogP contribution in [0.2, 0.25) is 0 Å². The number of carbonyl (C=O) groups is 1. The zero-order valence-electron chi connectivity index (χ0n) is 17.0. The van der Waals surface area contributed by atoms with Crippen molar-refractivity contribution in [1.29, 1.82) is 0 Å². The molecule has 4 heteroatoms. The molecule has 2 aromatic carbocycles. The number of nitrogens with zero attached hydrogens (tertiary/aromatic N) is 2. The predicted molar refractivity (Wildman–Crippen MR) is 121 cm³/mol. The molecule has 150 valence electrons. The standard InChI is InChI=1S/C25H28N2OS/c1-26(16-20-7-3-2-4-8-20)25(28)23-11-6-13-27(18-23)17-21-9-5-10-22(15-21)24-12-14-29-19-24/h2-5,7-10,12,14-15,19,23H,6,11,13,16-18H2,1H3. The highest BCUT2D eigenvalue weighted by atomic mass is 32.1. The Morgan fingerprint density at radius 3 is 2.69 bits per heavy atom. The smallest absolute Gasteiger partial charge is 0.227 e. The molecule has 1 unspecified atom stereocenters. The number of rotatable bonds is 6. The van der Waals surface area contributed by atoms with Crippen molar-refractivity contribution in [3.63, 3.8) is 0 Å². The summed E-state index contributed by atoms with van der Waals surface area (Å²) >= 11 is 1.73. The van der Waals surface area contributed by atoms with Crippen molar-refractivity contribution in [3.05, 3.63) is 82.6 Å². The third-order valence-corrected chi connectivity index (χ3v) is 6.36. The van der Waals surface area contributed by atoms with Crippen molar-refractivity contribution in [2.24, 2.45) is 5.92 Å². The van der Waals surface area contributed by atoms with Gasteiger partial charge in [-0.05, 0) is 64.5 Å². The largest absolute Gasteiger partial charge is 0.341 e. The second-order valence-corrected chi connectivity index (χ2v) is 8.75. The number of piperidine rings is 1. The van der Waals surface area contributed by atoms with Gasteiger partial charge in [0.25, 0.3) is 0 Å². The average molecular weight is 405 g/mol. The van der Waals surface area contributed by atoms with Gasteiger partial charge in [0.15, 0.2) is 0 Å². The van der Waals surface area contributed by atoms with Crippen LogP contribution in [-0.4, -0.2) is 35.8 Å². The molecule has 3 nitrogen and oxygen atoms in total. The molecule has 1 aliphatic rings. The van der Waals surface area contributed by atoms with Crippen molar-refractivity contribution in [2.75, 3.05) is 20.1 Å². The molecule has 1 saturated heterocycles. The lowest BCUT2D eigenvalue weighted by atomic mass is 9.95. The maximum absolute atomic E-state index is 13.0. The van der Waals surface area contributed by atoms with Gasteiger partial charge < -0.3 is 4.90 Å². The zero-order valence-corrected chi connectivity index (χ0v) is 17.8. The number of thiophene rings is 1. The molecule has 0 radical (unpaired) electrons. The Morgan fingerprint density at radius 1 is 1.07 bits per heavy atom. The molecule has 0 N–H and O–H groups in total. The molecule has 3 aromatic rings. The Morgan fingerprint density at radius 2 is 1.90 bits per heavy atom. The van der Waals surface area contributed by atoms with Gasteiger partial charge in [0.05, 0.1) is 5.92 Å². The summed E-state index contributed by atoms with van der Waals surface area (Å²) in [7, 11) is 1.93. The van der Waals surface area contributed by atoms with E-state index < -0.39 is 0 Å². The van der Waals surface area contributed by atoms with E-state index in [0.717, 1.165) is 32.5 Å². The molecule has 0 spiro atoms. The molecular formula is C25H28N2OS. The zero-order chi connectivity index (χ0) is 20.1. The molecule has 1 aliphatic heterocycles. The van der Waals surface area contributed by atoms with Crippen LogP contribution in [0.3, 0.4) is 0 Å². The van der Waals surface area contributed by atoms with Crippen LogP contribution in [0, 0.1) is 5.92 Å². The van der Waals surface area contributed by atoms with Gasteiger partial charge in [-0.1, -0.05) is 48.5 Å². The van der Waals surface area contributed by atoms with Crippen molar-refractivity contribution in [3.8, 4) is 11.1 Å². The van der Waals surface area contributed by atoms with Crippen LogP contribution in [0.1, 0.15) is 24.0 Å². The normalized spacial score (nSPS) is 17.2. The number of hydrogen-bond donors (Lipinski definition) is 0. The SMILES string of the molecule is CN(Cc1ccccc1)C(=O)C1CCCN(Cc2cccc(-c3ccsc3)c2)C1. The van der Waals surface area contributed by atoms with Crippen LogP contribution in [0.4, 0.5) is 0 Å². The number of benzene rings is 2. The Bertz CT molecular complexity index is 923. The quantitative estimate of drug-likeness (QED) is 0.558. The topological polar surface area (TPSA) is 23.6 Å². The van der Waals surface area contributed by atoms with Crippen LogP contribution in [0.5, 0.6) is 0 Å². The molecule has 0 aliphatic carbocycles. The molecule has 2 heterocycles. The summed E-state index contributed by atoms with van der Waals surface area (Å²) in [5.74, 6) is 0.364. The monoisotopic (exact) mass is 404 g/mol. The minimum absolute atomic E-state index is 0.0949. The van der Waals surface area contributed by atoms with Gasteiger partial charge in [-0.3, -0.25) is 9.69 Å². The van der Waals surface area contributed by atoms with Crippen LogP contribution < -0.4 is 0 Å². The van der Waals surface area contributed by atoms with Crippen molar-refractivity contribution < 1.29 is 4.79 Å². The fourth-order valence-corrected chi connectivity index (χ4v) is 4.85. The number of carbonyl (C=O) groups excluding carboxylic acids is 1. The lowest BCUT2D eigenvalue weighted by molar-refractivity contribution is -0.136. The summed E-state index contributed by atoms with van der Waals surface area (Å²) in [6.07, 6.45) is 2.07. The van der Waals surface area contributed by atoms with Crippen LogP contribution in [0.15, 0.2) is 71.4 Å². The molecule has 4 rings (SSSR count). The molecule has 1 fully saturated rings. The van der Waals surface area contributed by atoms with E-state index in [1.165, 1.54) is 22.3 Å². The van der Waals surface area contributed by atoms with E-state index >= 15 is 0 Å². The summed E-state index contributed by atoms with van der Waals surface area (Å²) in [6, 6.07) is 21.2. The van der Waals surface area contributed by atoms with E-state index in [1.54, 1.807) is 11.3 Å². The van der Waals surface area contributed by atoms with E-state index in [4.69, 9.17) is 0 Å². The van der Waals surface area contributed by atoms with Crippen LogP contribution >= 0.6 is 11.3 Å². The van der Waals surface area contributed by atoms with Gasteiger partial charge in [-0.2, -0.15) is 11.3 Å². The Balaban J connectivity index is 1.37. The molecule has 0 bridgehead atoms. The first kappa shape index (κ1) is 19.9. The first-order valence-electron chi connectivity index (χ1n) is 10.3. The predicted octanol–water partition coefficient (Wildman–Crippen LogP) is 5.29.